The number of carbonyl (C=O) groups is 1. The first-order valence-corrected chi connectivity index (χ1v) is 27.0. The highest BCUT2D eigenvalue weighted by Gasteiger charge is 2.51. The van der Waals surface area contributed by atoms with E-state index in [1.807, 2.05) is 6.08 Å². The van der Waals surface area contributed by atoms with Gasteiger partial charge in [-0.05, 0) is 57.8 Å². The van der Waals surface area contributed by atoms with Gasteiger partial charge in [0.25, 0.3) is 0 Å². The number of amides is 1. The van der Waals surface area contributed by atoms with Crippen molar-refractivity contribution >= 4 is 5.91 Å². The number of rotatable bonds is 41. The Morgan fingerprint density at radius 2 is 1.00 bits per heavy atom. The summed E-state index contributed by atoms with van der Waals surface area (Å²) in [6.45, 7) is 2.66. The number of hydrogen-bond donors (Lipinski definition) is 9. The Bertz CT molecular complexity index is 1390. The fraction of sp³-hybridized carbons (Fsp3) is 0.800. The first-order valence-electron chi connectivity index (χ1n) is 27.0. The lowest BCUT2D eigenvalue weighted by Crippen LogP contribution is -2.65. The molecule has 0 bridgehead atoms. The quantitative estimate of drug-likeness (QED) is 0.0211. The molecule has 2 rings (SSSR count). The van der Waals surface area contributed by atoms with E-state index >= 15 is 0 Å². The minimum atomic E-state index is -1.79. The molecule has 0 aromatic heterocycles. The molecule has 0 aliphatic carbocycles. The summed E-state index contributed by atoms with van der Waals surface area (Å²) < 4.78 is 22.7. The maximum atomic E-state index is 13.2. The van der Waals surface area contributed by atoms with Crippen molar-refractivity contribution in [1.29, 1.82) is 0 Å². The number of unbranched alkanes of at least 4 members (excludes halogenated alkanes) is 20. The van der Waals surface area contributed by atoms with E-state index in [2.05, 4.69) is 67.8 Å². The first-order chi connectivity index (χ1) is 33.6. The molecule has 0 saturated carbocycles. The van der Waals surface area contributed by atoms with Crippen molar-refractivity contribution in [2.75, 3.05) is 19.8 Å². The molecular formula is C55H97NO13. The Balaban J connectivity index is 1.83. The van der Waals surface area contributed by atoms with Crippen molar-refractivity contribution in [3.8, 4) is 0 Å². The zero-order valence-electron chi connectivity index (χ0n) is 42.5. The van der Waals surface area contributed by atoms with E-state index < -0.39 is 86.8 Å². The lowest BCUT2D eigenvalue weighted by Gasteiger charge is -2.46. The summed E-state index contributed by atoms with van der Waals surface area (Å²) in [5.41, 5.74) is 0. The number of aliphatic hydroxyl groups is 8. The SMILES string of the molecule is CC/C=C\C/C=C\C/C=C\C/C=C\CCCCCCCCC(=O)NC(COC1OC(CO)C(OC2OC(CO)C(O)C(O)C2O)C(O)C1O)C(O)/C=C/CCCCCCCCCCCCCCCC. The van der Waals surface area contributed by atoms with Gasteiger partial charge in [-0.2, -0.15) is 0 Å². The van der Waals surface area contributed by atoms with Crippen LogP contribution in [0.15, 0.2) is 60.8 Å². The van der Waals surface area contributed by atoms with Gasteiger partial charge in [-0.1, -0.05) is 184 Å². The van der Waals surface area contributed by atoms with Crippen molar-refractivity contribution < 1.29 is 64.6 Å². The molecule has 2 aliphatic rings. The van der Waals surface area contributed by atoms with Crippen molar-refractivity contribution in [1.82, 2.24) is 5.32 Å². The fourth-order valence-corrected chi connectivity index (χ4v) is 8.58. The van der Waals surface area contributed by atoms with Crippen molar-refractivity contribution in [3.63, 3.8) is 0 Å². The Labute approximate surface area is 416 Å². The number of aliphatic hydroxyl groups excluding tert-OH is 8. The summed E-state index contributed by atoms with van der Waals surface area (Å²) in [5, 5.41) is 86.9. The van der Waals surface area contributed by atoms with Gasteiger partial charge in [0, 0.05) is 6.42 Å². The molecule has 0 spiro atoms. The van der Waals surface area contributed by atoms with Crippen molar-refractivity contribution in [2.24, 2.45) is 0 Å². The van der Waals surface area contributed by atoms with Crippen LogP contribution in [0, 0.1) is 0 Å². The van der Waals surface area contributed by atoms with Crippen LogP contribution in [0.2, 0.25) is 0 Å². The number of ether oxygens (including phenoxy) is 4. The molecule has 14 nitrogen and oxygen atoms in total. The second kappa shape index (κ2) is 41.2. The molecule has 400 valence electrons. The minimum absolute atomic E-state index is 0.256. The van der Waals surface area contributed by atoms with Crippen LogP contribution in [0.5, 0.6) is 0 Å². The molecule has 0 aromatic rings. The van der Waals surface area contributed by atoms with Crippen LogP contribution in [0.1, 0.15) is 187 Å². The van der Waals surface area contributed by atoms with Gasteiger partial charge in [0.1, 0.15) is 48.8 Å². The zero-order valence-corrected chi connectivity index (χ0v) is 42.5. The van der Waals surface area contributed by atoms with Gasteiger partial charge in [0.2, 0.25) is 5.91 Å². The summed E-state index contributed by atoms with van der Waals surface area (Å²) >= 11 is 0. The largest absolute Gasteiger partial charge is 0.394 e. The van der Waals surface area contributed by atoms with Crippen molar-refractivity contribution in [2.45, 2.75) is 261 Å². The van der Waals surface area contributed by atoms with Gasteiger partial charge in [-0.3, -0.25) is 4.79 Å². The Morgan fingerprint density at radius 1 is 0.536 bits per heavy atom. The van der Waals surface area contributed by atoms with Gasteiger partial charge in [-0.25, -0.2) is 0 Å². The van der Waals surface area contributed by atoms with Crippen LogP contribution in [-0.2, 0) is 23.7 Å². The molecule has 2 aliphatic heterocycles. The molecule has 12 unspecified atom stereocenters. The highest BCUT2D eigenvalue weighted by Crippen LogP contribution is 2.30. The van der Waals surface area contributed by atoms with Gasteiger partial charge in [0.05, 0.1) is 32.0 Å². The maximum Gasteiger partial charge on any atom is 0.220 e. The third kappa shape index (κ3) is 27.9. The van der Waals surface area contributed by atoms with Crippen LogP contribution in [-0.4, -0.2) is 140 Å². The topological polar surface area (TPSA) is 228 Å². The van der Waals surface area contributed by atoms with E-state index in [-0.39, 0.29) is 18.9 Å². The van der Waals surface area contributed by atoms with Gasteiger partial charge < -0.3 is 65.1 Å². The van der Waals surface area contributed by atoms with E-state index in [4.69, 9.17) is 18.9 Å². The zero-order chi connectivity index (χ0) is 50.3. The minimum Gasteiger partial charge on any atom is -0.394 e. The highest BCUT2D eigenvalue weighted by atomic mass is 16.7. The van der Waals surface area contributed by atoms with Crippen LogP contribution in [0.3, 0.4) is 0 Å². The van der Waals surface area contributed by atoms with Crippen LogP contribution in [0.25, 0.3) is 0 Å². The third-order valence-corrected chi connectivity index (χ3v) is 13.0. The van der Waals surface area contributed by atoms with Gasteiger partial charge in [0.15, 0.2) is 12.6 Å². The number of nitrogens with one attached hydrogen (secondary N) is 1. The van der Waals surface area contributed by atoms with Gasteiger partial charge in [-0.15, -0.1) is 0 Å². The third-order valence-electron chi connectivity index (χ3n) is 13.0. The van der Waals surface area contributed by atoms with E-state index in [1.54, 1.807) is 6.08 Å². The molecule has 69 heavy (non-hydrogen) atoms. The first kappa shape index (κ1) is 62.8. The normalized spacial score (nSPS) is 26.6. The molecule has 12 atom stereocenters. The van der Waals surface area contributed by atoms with Crippen LogP contribution in [0.4, 0.5) is 0 Å². The summed E-state index contributed by atoms with van der Waals surface area (Å²) in [4.78, 5) is 13.2. The monoisotopic (exact) mass is 980 g/mol. The number of hydrogen-bond acceptors (Lipinski definition) is 13. The fourth-order valence-electron chi connectivity index (χ4n) is 8.58. The molecular weight excluding hydrogens is 883 g/mol. The van der Waals surface area contributed by atoms with E-state index in [0.717, 1.165) is 83.5 Å². The average Bonchev–Trinajstić information content (AvgIpc) is 3.35. The summed E-state index contributed by atoms with van der Waals surface area (Å²) in [5.74, 6) is -0.256. The van der Waals surface area contributed by atoms with E-state index in [1.165, 1.54) is 77.0 Å². The summed E-state index contributed by atoms with van der Waals surface area (Å²) in [6, 6.07) is -0.924. The summed E-state index contributed by atoms with van der Waals surface area (Å²) in [6.07, 6.45) is 33.9. The maximum absolute atomic E-state index is 13.2. The predicted octanol–water partition coefficient (Wildman–Crippen LogP) is 7.83. The molecule has 2 fully saturated rings. The Kier molecular flexibility index (Phi) is 37.5. The molecule has 2 heterocycles. The number of carbonyl (C=O) groups excluding carboxylic acids is 1. The second-order valence-corrected chi connectivity index (χ2v) is 19.0. The second-order valence-electron chi connectivity index (χ2n) is 19.0. The van der Waals surface area contributed by atoms with E-state index in [9.17, 15) is 45.6 Å². The van der Waals surface area contributed by atoms with Crippen LogP contribution >= 0.6 is 0 Å². The Morgan fingerprint density at radius 3 is 1.54 bits per heavy atom. The Hall–Kier alpha value is -2.31. The highest BCUT2D eigenvalue weighted by molar-refractivity contribution is 5.76. The smallest absolute Gasteiger partial charge is 0.220 e. The average molecular weight is 980 g/mol. The molecule has 1 amide bonds. The molecule has 0 aromatic carbocycles. The molecule has 14 heteroatoms. The van der Waals surface area contributed by atoms with Gasteiger partial charge >= 0.3 is 0 Å². The molecule has 2 saturated heterocycles. The van der Waals surface area contributed by atoms with Crippen LogP contribution < -0.4 is 5.32 Å². The summed E-state index contributed by atoms with van der Waals surface area (Å²) in [7, 11) is 0. The number of allylic oxidation sites excluding steroid dienone is 9. The van der Waals surface area contributed by atoms with E-state index in [0.29, 0.717) is 6.42 Å². The standard InChI is InChI=1S/C55H97NO13/c1-3-5-7-9-11-13-15-17-19-21-22-23-25-27-29-31-33-35-37-39-47(60)56-43(44(59)38-36-34-32-30-28-26-24-20-18-16-14-12-10-8-6-4-2)42-66-54-52(65)50(63)53(46(41-58)68-54)69-55-51(64)49(62)48(61)45(40-57)67-55/h5,7,11,13,17,19,22-23,36,38,43-46,48-55,57-59,61-65H,3-4,6,8-10,12,14-16,18,20-21,24-35,37,39-42H2,1-2H3,(H,56,60)/b7-5-,13-11-,19-17-,23-22-,38-36+. The molecule has 0 radical (unpaired) electrons. The van der Waals surface area contributed by atoms with Crippen molar-refractivity contribution in [3.05, 3.63) is 60.8 Å². The lowest BCUT2D eigenvalue weighted by molar-refractivity contribution is -0.359. The molecule has 9 N–H and O–H groups in total. The predicted molar refractivity (Wildman–Crippen MR) is 272 cm³/mol. The lowest BCUT2D eigenvalue weighted by atomic mass is 9.97.